The van der Waals surface area contributed by atoms with Gasteiger partial charge in [0.1, 0.15) is 5.82 Å². The molecule has 0 spiro atoms. The molecule has 1 aromatic heterocycles. The number of aromatic nitrogens is 3. The Balaban J connectivity index is 1.33. The Labute approximate surface area is 185 Å². The number of nitrogens with zero attached hydrogens (tertiary/aromatic N) is 3. The highest BCUT2D eigenvalue weighted by atomic mass is 32.2. The normalized spacial score (nSPS) is 29.5. The molecule has 4 bridgehead atoms. The van der Waals surface area contributed by atoms with Crippen LogP contribution in [0.2, 0.25) is 0 Å². The van der Waals surface area contributed by atoms with Crippen LogP contribution < -0.4 is 0 Å². The second kappa shape index (κ2) is 7.98. The third-order valence-electron chi connectivity index (χ3n) is 7.43. The highest BCUT2D eigenvalue weighted by Gasteiger charge is 2.51. The molecular weight excluding hydrogens is 419 g/mol. The second-order valence-corrected chi connectivity index (χ2v) is 10.8. The molecule has 3 nitrogen and oxygen atoms in total. The van der Waals surface area contributed by atoms with Crippen LogP contribution in [0, 0.1) is 23.2 Å². The Morgan fingerprint density at radius 3 is 2.39 bits per heavy atom. The number of hydrogen-bond acceptors (Lipinski definition) is 3. The van der Waals surface area contributed by atoms with Crippen molar-refractivity contribution in [2.45, 2.75) is 68.6 Å². The van der Waals surface area contributed by atoms with Crippen molar-refractivity contribution in [3.63, 3.8) is 0 Å². The maximum atomic E-state index is 13.0. The number of allylic oxidation sites excluding steroid dienone is 1. The van der Waals surface area contributed by atoms with Gasteiger partial charge in [0.2, 0.25) is 0 Å². The van der Waals surface area contributed by atoms with Gasteiger partial charge in [0.15, 0.2) is 5.16 Å². The molecule has 0 unspecified atom stereocenters. The highest BCUT2D eigenvalue weighted by Crippen LogP contribution is 2.61. The van der Waals surface area contributed by atoms with Crippen molar-refractivity contribution in [1.29, 1.82) is 0 Å². The first-order valence-electron chi connectivity index (χ1n) is 11.2. The molecule has 0 atom stereocenters. The fourth-order valence-corrected chi connectivity index (χ4v) is 7.61. The Kier molecular flexibility index (Phi) is 5.43. The minimum Gasteiger partial charge on any atom is -0.302 e. The molecule has 4 fully saturated rings. The zero-order valence-corrected chi connectivity index (χ0v) is 18.4. The van der Waals surface area contributed by atoms with E-state index in [0.29, 0.717) is 23.3 Å². The number of halogens is 3. The van der Waals surface area contributed by atoms with Crippen LogP contribution in [-0.4, -0.2) is 14.8 Å². The Morgan fingerprint density at radius 2 is 1.77 bits per heavy atom. The molecule has 1 heterocycles. The van der Waals surface area contributed by atoms with Gasteiger partial charge in [0, 0.05) is 18.7 Å². The van der Waals surface area contributed by atoms with Crippen molar-refractivity contribution >= 4 is 11.8 Å². The lowest BCUT2D eigenvalue weighted by Gasteiger charge is -2.56. The largest absolute Gasteiger partial charge is 0.416 e. The number of thioether (sulfide) groups is 1. The summed E-state index contributed by atoms with van der Waals surface area (Å²) < 4.78 is 41.1. The van der Waals surface area contributed by atoms with E-state index in [1.165, 1.54) is 62.4 Å². The van der Waals surface area contributed by atoms with Gasteiger partial charge in [-0.3, -0.25) is 0 Å². The maximum absolute atomic E-state index is 13.0. The van der Waals surface area contributed by atoms with Crippen molar-refractivity contribution < 1.29 is 13.2 Å². The van der Waals surface area contributed by atoms with E-state index in [1.807, 2.05) is 6.08 Å². The lowest BCUT2D eigenvalue weighted by molar-refractivity contribution is -0.137. The second-order valence-electron chi connectivity index (χ2n) is 9.88. The zero-order valence-electron chi connectivity index (χ0n) is 17.6. The predicted molar refractivity (Wildman–Crippen MR) is 116 cm³/mol. The minimum atomic E-state index is -4.32. The van der Waals surface area contributed by atoms with Gasteiger partial charge < -0.3 is 4.57 Å². The van der Waals surface area contributed by atoms with Gasteiger partial charge in [-0.25, -0.2) is 0 Å². The summed E-state index contributed by atoms with van der Waals surface area (Å²) in [5.74, 6) is 4.09. The number of rotatable bonds is 7. The van der Waals surface area contributed by atoms with Crippen LogP contribution in [-0.2, 0) is 24.9 Å². The summed E-state index contributed by atoms with van der Waals surface area (Å²) in [5, 5.41) is 9.73. The van der Waals surface area contributed by atoms with Gasteiger partial charge in [0.05, 0.1) is 5.56 Å². The van der Waals surface area contributed by atoms with Crippen molar-refractivity contribution in [1.82, 2.24) is 14.8 Å². The number of benzene rings is 1. The fourth-order valence-electron chi connectivity index (χ4n) is 6.70. The van der Waals surface area contributed by atoms with E-state index in [2.05, 4.69) is 21.3 Å². The van der Waals surface area contributed by atoms with Gasteiger partial charge in [0.25, 0.3) is 0 Å². The van der Waals surface area contributed by atoms with Crippen molar-refractivity contribution in [2.24, 2.45) is 23.2 Å². The average molecular weight is 448 g/mol. The van der Waals surface area contributed by atoms with Crippen LogP contribution in [0.3, 0.4) is 0 Å². The summed E-state index contributed by atoms with van der Waals surface area (Å²) in [6.07, 6.45) is 6.66. The Morgan fingerprint density at radius 1 is 1.10 bits per heavy atom. The van der Waals surface area contributed by atoms with Gasteiger partial charge in [-0.05, 0) is 73.3 Å². The van der Waals surface area contributed by atoms with Crippen LogP contribution in [0.1, 0.15) is 55.5 Å². The zero-order chi connectivity index (χ0) is 21.6. The van der Waals surface area contributed by atoms with Gasteiger partial charge >= 0.3 is 6.18 Å². The van der Waals surface area contributed by atoms with Crippen molar-refractivity contribution in [3.8, 4) is 0 Å². The van der Waals surface area contributed by atoms with Gasteiger partial charge in [-0.15, -0.1) is 16.8 Å². The molecule has 0 N–H and O–H groups in total. The summed E-state index contributed by atoms with van der Waals surface area (Å²) in [6.45, 7) is 4.52. The molecule has 4 aliphatic rings. The van der Waals surface area contributed by atoms with Crippen LogP contribution in [0.5, 0.6) is 0 Å². The molecular formula is C24H28F3N3S. The first-order chi connectivity index (χ1) is 14.8. The predicted octanol–water partition coefficient (Wildman–Crippen LogP) is 6.53. The summed E-state index contributed by atoms with van der Waals surface area (Å²) in [6, 6.07) is 5.52. The quantitative estimate of drug-likeness (QED) is 0.357. The molecule has 0 amide bonds. The SMILES string of the molecule is C=CCn1c(CC23CC4CC(CC(C4)C2)C3)nnc1SCc1cccc(C(F)(F)F)c1. The third-order valence-corrected chi connectivity index (χ3v) is 8.46. The van der Waals surface area contributed by atoms with E-state index in [0.717, 1.165) is 41.2 Å². The molecule has 31 heavy (non-hydrogen) atoms. The first-order valence-corrected chi connectivity index (χ1v) is 12.1. The molecule has 4 saturated carbocycles. The Hall–Kier alpha value is -1.76. The van der Waals surface area contributed by atoms with E-state index in [1.54, 1.807) is 6.07 Å². The van der Waals surface area contributed by atoms with Crippen LogP contribution in [0.15, 0.2) is 42.1 Å². The molecule has 166 valence electrons. The Bertz CT molecular complexity index is 930. The van der Waals surface area contributed by atoms with Gasteiger partial charge in [-0.2, -0.15) is 13.2 Å². The standard InChI is InChI=1S/C24H28F3N3S/c1-2-6-30-21(14-23-11-17-7-18(12-23)9-19(8-17)13-23)28-29-22(30)31-15-16-4-3-5-20(10-16)24(25,26)27/h2-5,10,17-19H,1,6-9,11-15H2. The lowest BCUT2D eigenvalue weighted by atomic mass is 9.49. The average Bonchev–Trinajstić information content (AvgIpc) is 3.06. The van der Waals surface area contributed by atoms with E-state index in [-0.39, 0.29) is 0 Å². The van der Waals surface area contributed by atoms with Crippen LogP contribution >= 0.6 is 11.8 Å². The van der Waals surface area contributed by atoms with E-state index < -0.39 is 11.7 Å². The van der Waals surface area contributed by atoms with Crippen molar-refractivity contribution in [2.75, 3.05) is 0 Å². The summed E-state index contributed by atoms with van der Waals surface area (Å²) in [5.41, 5.74) is 0.389. The lowest BCUT2D eigenvalue weighted by Crippen LogP contribution is -2.47. The smallest absolute Gasteiger partial charge is 0.302 e. The number of alkyl halides is 3. The molecule has 2 aromatic rings. The highest BCUT2D eigenvalue weighted by molar-refractivity contribution is 7.98. The molecule has 1 aromatic carbocycles. The van der Waals surface area contributed by atoms with E-state index >= 15 is 0 Å². The molecule has 0 radical (unpaired) electrons. The summed E-state index contributed by atoms with van der Waals surface area (Å²) in [4.78, 5) is 0. The molecule has 0 aliphatic heterocycles. The van der Waals surface area contributed by atoms with Crippen LogP contribution in [0.4, 0.5) is 13.2 Å². The van der Waals surface area contributed by atoms with Gasteiger partial charge in [-0.1, -0.05) is 36.0 Å². The van der Waals surface area contributed by atoms with E-state index in [4.69, 9.17) is 0 Å². The van der Waals surface area contributed by atoms with E-state index in [9.17, 15) is 13.2 Å². The minimum absolute atomic E-state index is 0.365. The monoisotopic (exact) mass is 447 g/mol. The first kappa shape index (κ1) is 21.1. The van der Waals surface area contributed by atoms with Crippen LogP contribution in [0.25, 0.3) is 0 Å². The third kappa shape index (κ3) is 4.30. The summed E-state index contributed by atoms with van der Waals surface area (Å²) >= 11 is 1.45. The molecule has 7 heteroatoms. The maximum Gasteiger partial charge on any atom is 0.416 e. The molecule has 4 aliphatic carbocycles. The molecule has 6 rings (SSSR count). The number of hydrogen-bond donors (Lipinski definition) is 0. The fraction of sp³-hybridized carbons (Fsp3) is 0.583. The topological polar surface area (TPSA) is 30.7 Å². The van der Waals surface area contributed by atoms with Crippen molar-refractivity contribution in [3.05, 3.63) is 53.9 Å². The molecule has 0 saturated heterocycles. The summed E-state index contributed by atoms with van der Waals surface area (Å²) in [7, 11) is 0.